The lowest BCUT2D eigenvalue weighted by Crippen LogP contribution is -2.34. The summed E-state index contributed by atoms with van der Waals surface area (Å²) in [6.45, 7) is 2.42. The van der Waals surface area contributed by atoms with E-state index in [0.717, 1.165) is 12.2 Å². The molecule has 1 aliphatic heterocycles. The molecule has 1 aliphatic rings. The first-order valence-electron chi connectivity index (χ1n) is 8.29. The fourth-order valence-electron chi connectivity index (χ4n) is 3.39. The monoisotopic (exact) mass is 295 g/mol. The Morgan fingerprint density at radius 2 is 1.73 bits per heavy atom. The Morgan fingerprint density at radius 3 is 2.45 bits per heavy atom. The van der Waals surface area contributed by atoms with Crippen LogP contribution >= 0.6 is 0 Å². The van der Waals surface area contributed by atoms with E-state index in [-0.39, 0.29) is 0 Å². The van der Waals surface area contributed by atoms with Gasteiger partial charge in [-0.2, -0.15) is 0 Å². The molecule has 1 heterocycles. The predicted octanol–water partition coefficient (Wildman–Crippen LogP) is 4.46. The molecule has 2 aromatic rings. The second-order valence-corrected chi connectivity index (χ2v) is 6.08. The highest BCUT2D eigenvalue weighted by Crippen LogP contribution is 2.29. The van der Waals surface area contributed by atoms with Gasteiger partial charge in [0.2, 0.25) is 0 Å². The number of hydrogen-bond donors (Lipinski definition) is 0. The Kier molecular flexibility index (Phi) is 5.12. The summed E-state index contributed by atoms with van der Waals surface area (Å²) in [7, 11) is 1.73. The normalized spacial score (nSPS) is 17.1. The third-order valence-corrected chi connectivity index (χ3v) is 4.58. The van der Waals surface area contributed by atoms with Gasteiger partial charge in [-0.25, -0.2) is 0 Å². The molecular formula is C20H25NO. The van der Waals surface area contributed by atoms with Gasteiger partial charge in [-0.15, -0.1) is 0 Å². The molecule has 0 aromatic heterocycles. The van der Waals surface area contributed by atoms with E-state index in [0.29, 0.717) is 6.04 Å². The third kappa shape index (κ3) is 3.69. The zero-order valence-electron chi connectivity index (χ0n) is 13.4. The first-order valence-corrected chi connectivity index (χ1v) is 8.29. The van der Waals surface area contributed by atoms with E-state index in [1.807, 2.05) is 6.07 Å². The average Bonchev–Trinajstić information content (AvgIpc) is 2.61. The fraction of sp³-hybridized carbons (Fsp3) is 0.400. The average molecular weight is 295 g/mol. The van der Waals surface area contributed by atoms with Gasteiger partial charge in [0.05, 0.1) is 7.11 Å². The lowest BCUT2D eigenvalue weighted by molar-refractivity contribution is 0.162. The second kappa shape index (κ2) is 7.46. The Morgan fingerprint density at radius 1 is 0.955 bits per heavy atom. The van der Waals surface area contributed by atoms with Crippen LogP contribution in [0.2, 0.25) is 0 Å². The molecule has 0 N–H and O–H groups in total. The number of likely N-dealkylation sites (tertiary alicyclic amines) is 1. The highest BCUT2D eigenvalue weighted by Gasteiger charge is 2.22. The summed E-state index contributed by atoms with van der Waals surface area (Å²) in [4.78, 5) is 2.65. The predicted molar refractivity (Wildman–Crippen MR) is 91.3 cm³/mol. The first-order chi connectivity index (χ1) is 10.9. The maximum Gasteiger partial charge on any atom is 0.119 e. The molecular weight excluding hydrogens is 270 g/mol. The molecule has 2 nitrogen and oxygen atoms in total. The maximum atomic E-state index is 5.37. The number of methoxy groups -OCH3 is 1. The Balaban J connectivity index is 1.84. The minimum absolute atomic E-state index is 0.466. The van der Waals surface area contributed by atoms with Crippen LogP contribution in [-0.4, -0.2) is 25.1 Å². The minimum atomic E-state index is 0.466. The van der Waals surface area contributed by atoms with Crippen LogP contribution in [0.3, 0.4) is 0 Å². The van der Waals surface area contributed by atoms with Gasteiger partial charge >= 0.3 is 0 Å². The molecule has 1 saturated heterocycles. The van der Waals surface area contributed by atoms with Gasteiger partial charge < -0.3 is 4.74 Å². The first kappa shape index (κ1) is 15.1. The third-order valence-electron chi connectivity index (χ3n) is 4.58. The molecule has 2 heteroatoms. The largest absolute Gasteiger partial charge is 0.497 e. The van der Waals surface area contributed by atoms with Gasteiger partial charge in [-0.3, -0.25) is 4.90 Å². The molecule has 2 aromatic carbocycles. The van der Waals surface area contributed by atoms with Crippen LogP contribution in [0.1, 0.15) is 36.4 Å². The van der Waals surface area contributed by atoms with Gasteiger partial charge in [0.1, 0.15) is 5.75 Å². The van der Waals surface area contributed by atoms with Crippen molar-refractivity contribution in [2.24, 2.45) is 0 Å². The van der Waals surface area contributed by atoms with Crippen LogP contribution in [0, 0.1) is 0 Å². The van der Waals surface area contributed by atoms with Gasteiger partial charge in [0, 0.05) is 6.04 Å². The molecule has 0 amide bonds. The Hall–Kier alpha value is -1.80. The summed E-state index contributed by atoms with van der Waals surface area (Å²) in [5.41, 5.74) is 2.77. The lowest BCUT2D eigenvalue weighted by Gasteiger charge is -2.35. The van der Waals surface area contributed by atoms with Crippen LogP contribution in [0.25, 0.3) is 0 Å². The van der Waals surface area contributed by atoms with Gasteiger partial charge in [-0.05, 0) is 55.6 Å². The molecule has 0 unspecified atom stereocenters. The molecule has 0 radical (unpaired) electrons. The number of benzene rings is 2. The molecule has 1 atom stereocenters. The van der Waals surface area contributed by atoms with E-state index in [1.54, 1.807) is 7.11 Å². The van der Waals surface area contributed by atoms with Crippen molar-refractivity contribution < 1.29 is 4.74 Å². The standard InChI is InChI=1S/C20H25NO/c1-22-19-12-8-9-17(15-19)16-20(18-10-4-2-5-11-18)21-13-6-3-7-14-21/h2,4-5,8-12,15,20H,3,6-7,13-14,16H2,1H3/t20-/m0/s1. The molecule has 0 bridgehead atoms. The number of ether oxygens (including phenoxy) is 1. The quantitative estimate of drug-likeness (QED) is 0.807. The van der Waals surface area contributed by atoms with E-state index < -0.39 is 0 Å². The van der Waals surface area contributed by atoms with Crippen molar-refractivity contribution >= 4 is 0 Å². The van der Waals surface area contributed by atoms with Crippen LogP contribution < -0.4 is 4.74 Å². The number of hydrogen-bond acceptors (Lipinski definition) is 2. The van der Waals surface area contributed by atoms with E-state index in [2.05, 4.69) is 53.4 Å². The van der Waals surface area contributed by atoms with Crippen molar-refractivity contribution in [1.82, 2.24) is 4.90 Å². The topological polar surface area (TPSA) is 12.5 Å². The van der Waals surface area contributed by atoms with Crippen molar-refractivity contribution in [2.45, 2.75) is 31.7 Å². The van der Waals surface area contributed by atoms with Crippen LogP contribution in [0.5, 0.6) is 5.75 Å². The molecule has 0 aliphatic carbocycles. The summed E-state index contributed by atoms with van der Waals surface area (Å²) >= 11 is 0. The maximum absolute atomic E-state index is 5.37. The van der Waals surface area contributed by atoms with E-state index in [9.17, 15) is 0 Å². The van der Waals surface area contributed by atoms with Crippen molar-refractivity contribution in [2.75, 3.05) is 20.2 Å². The molecule has 0 spiro atoms. The second-order valence-electron chi connectivity index (χ2n) is 6.08. The molecule has 0 saturated carbocycles. The van der Waals surface area contributed by atoms with Gasteiger partial charge in [0.15, 0.2) is 0 Å². The van der Waals surface area contributed by atoms with Crippen LogP contribution in [0.15, 0.2) is 54.6 Å². The molecule has 22 heavy (non-hydrogen) atoms. The van der Waals surface area contributed by atoms with Gasteiger partial charge in [-0.1, -0.05) is 48.9 Å². The van der Waals surface area contributed by atoms with Crippen LogP contribution in [-0.2, 0) is 6.42 Å². The van der Waals surface area contributed by atoms with Crippen molar-refractivity contribution in [1.29, 1.82) is 0 Å². The number of rotatable bonds is 5. The Bertz CT molecular complexity index is 575. The number of piperidine rings is 1. The van der Waals surface area contributed by atoms with Gasteiger partial charge in [0.25, 0.3) is 0 Å². The summed E-state index contributed by atoms with van der Waals surface area (Å²) in [6.07, 6.45) is 5.06. The van der Waals surface area contributed by atoms with Crippen molar-refractivity contribution in [3.63, 3.8) is 0 Å². The smallest absolute Gasteiger partial charge is 0.119 e. The van der Waals surface area contributed by atoms with Crippen molar-refractivity contribution in [3.05, 3.63) is 65.7 Å². The zero-order chi connectivity index (χ0) is 15.2. The Labute approximate surface area is 133 Å². The lowest BCUT2D eigenvalue weighted by atomic mass is 9.95. The SMILES string of the molecule is COc1cccc(C[C@@H](c2ccccc2)N2CCCCC2)c1. The highest BCUT2D eigenvalue weighted by molar-refractivity contribution is 5.30. The highest BCUT2D eigenvalue weighted by atomic mass is 16.5. The minimum Gasteiger partial charge on any atom is -0.497 e. The molecule has 1 fully saturated rings. The van der Waals surface area contributed by atoms with E-state index in [1.165, 1.54) is 43.5 Å². The van der Waals surface area contributed by atoms with Crippen LogP contribution in [0.4, 0.5) is 0 Å². The fourth-order valence-corrected chi connectivity index (χ4v) is 3.39. The summed E-state index contributed by atoms with van der Waals surface area (Å²) in [5, 5.41) is 0. The zero-order valence-corrected chi connectivity index (χ0v) is 13.4. The van der Waals surface area contributed by atoms with E-state index >= 15 is 0 Å². The van der Waals surface area contributed by atoms with Crippen molar-refractivity contribution in [3.8, 4) is 5.75 Å². The molecule has 116 valence electrons. The summed E-state index contributed by atoms with van der Waals surface area (Å²) in [5.74, 6) is 0.947. The molecule has 3 rings (SSSR count). The number of nitrogens with zero attached hydrogens (tertiary/aromatic N) is 1. The summed E-state index contributed by atoms with van der Waals surface area (Å²) < 4.78 is 5.37. The summed E-state index contributed by atoms with van der Waals surface area (Å²) in [6, 6.07) is 19.9. The van der Waals surface area contributed by atoms with E-state index in [4.69, 9.17) is 4.74 Å².